The van der Waals surface area contributed by atoms with Crippen molar-refractivity contribution in [3.8, 4) is 11.4 Å². The van der Waals surface area contributed by atoms with Crippen LogP contribution in [0.2, 0.25) is 0 Å². The lowest BCUT2D eigenvalue weighted by atomic mass is 10.2. The van der Waals surface area contributed by atoms with E-state index >= 15 is 0 Å². The molecule has 0 aliphatic rings. The van der Waals surface area contributed by atoms with Crippen LogP contribution in [-0.2, 0) is 16.6 Å². The maximum Gasteiger partial charge on any atom is 0.287 e. The third-order valence-corrected chi connectivity index (χ3v) is 4.72. The number of nitrogens with zero attached hydrogens (tertiary/aromatic N) is 2. The fraction of sp³-hybridized carbons (Fsp3) is 0.188. The van der Waals surface area contributed by atoms with E-state index in [1.165, 1.54) is 6.26 Å². The largest absolute Gasteiger partial charge is 0.459 e. The molecule has 3 aromatic rings. The number of hydrogen-bond donors (Lipinski definition) is 2. The quantitative estimate of drug-likeness (QED) is 0.645. The number of aromatic nitrogens is 2. The Bertz CT molecular complexity index is 978. The minimum absolute atomic E-state index is 0.00726. The number of rotatable bonds is 7. The molecule has 0 spiro atoms. The van der Waals surface area contributed by atoms with Crippen molar-refractivity contribution in [1.29, 1.82) is 0 Å². The van der Waals surface area contributed by atoms with Crippen molar-refractivity contribution in [2.75, 3.05) is 10.5 Å². The first kappa shape index (κ1) is 17.7. The van der Waals surface area contributed by atoms with Gasteiger partial charge in [-0.1, -0.05) is 5.16 Å². The minimum Gasteiger partial charge on any atom is -0.459 e. The van der Waals surface area contributed by atoms with Crippen LogP contribution in [0.25, 0.3) is 11.4 Å². The summed E-state index contributed by atoms with van der Waals surface area (Å²) in [6.07, 6.45) is 1.41. The summed E-state index contributed by atoms with van der Waals surface area (Å²) in [5.41, 5.74) is 1.10. The van der Waals surface area contributed by atoms with E-state index in [9.17, 15) is 13.2 Å². The van der Waals surface area contributed by atoms with E-state index in [2.05, 4.69) is 20.2 Å². The molecule has 0 aliphatic carbocycles. The maximum atomic E-state index is 11.8. The van der Waals surface area contributed by atoms with Gasteiger partial charge in [-0.2, -0.15) is 4.98 Å². The summed E-state index contributed by atoms with van der Waals surface area (Å²) in [5, 5.41) is 6.45. The molecule has 1 amide bonds. The zero-order valence-electron chi connectivity index (χ0n) is 13.8. The number of benzene rings is 1. The highest BCUT2D eigenvalue weighted by molar-refractivity contribution is 7.92. The topological polar surface area (TPSA) is 127 Å². The standard InChI is InChI=1S/C16H16N4O5S/c1-2-26(22,23)20-12-7-5-11(6-8-12)15-18-14(25-19-15)10-17-16(21)13-4-3-9-24-13/h3-9,20H,2,10H2,1H3,(H,17,21). The van der Waals surface area contributed by atoms with Gasteiger partial charge in [-0.05, 0) is 43.3 Å². The Morgan fingerprint density at radius 1 is 1.19 bits per heavy atom. The van der Waals surface area contributed by atoms with E-state index in [4.69, 9.17) is 8.94 Å². The minimum atomic E-state index is -3.33. The van der Waals surface area contributed by atoms with Gasteiger partial charge >= 0.3 is 0 Å². The predicted molar refractivity (Wildman–Crippen MR) is 92.7 cm³/mol. The Kier molecular flexibility index (Phi) is 5.03. The molecule has 0 aliphatic heterocycles. The van der Waals surface area contributed by atoms with Gasteiger partial charge in [-0.15, -0.1) is 0 Å². The number of hydrogen-bond acceptors (Lipinski definition) is 7. The zero-order valence-corrected chi connectivity index (χ0v) is 14.6. The van der Waals surface area contributed by atoms with Crippen LogP contribution in [0.5, 0.6) is 0 Å². The molecule has 2 N–H and O–H groups in total. The fourth-order valence-corrected chi connectivity index (χ4v) is 2.67. The number of sulfonamides is 1. The summed E-state index contributed by atoms with van der Waals surface area (Å²) >= 11 is 0. The molecule has 136 valence electrons. The van der Waals surface area contributed by atoms with Crippen molar-refractivity contribution >= 4 is 21.6 Å². The number of carbonyl (C=O) groups is 1. The molecule has 0 saturated carbocycles. The molecular formula is C16H16N4O5S. The van der Waals surface area contributed by atoms with Crippen molar-refractivity contribution < 1.29 is 22.2 Å². The lowest BCUT2D eigenvalue weighted by Gasteiger charge is -2.05. The number of amides is 1. The molecule has 10 heteroatoms. The van der Waals surface area contributed by atoms with Crippen molar-refractivity contribution in [3.05, 3.63) is 54.3 Å². The van der Waals surface area contributed by atoms with Gasteiger partial charge in [0.15, 0.2) is 5.76 Å². The Labute approximate surface area is 149 Å². The number of anilines is 1. The van der Waals surface area contributed by atoms with E-state index in [1.54, 1.807) is 43.3 Å². The molecule has 3 rings (SSSR count). The lowest BCUT2D eigenvalue weighted by Crippen LogP contribution is -2.22. The molecule has 0 unspecified atom stereocenters. The molecular weight excluding hydrogens is 360 g/mol. The van der Waals surface area contributed by atoms with E-state index in [0.29, 0.717) is 17.1 Å². The predicted octanol–water partition coefficient (Wildman–Crippen LogP) is 2.02. The van der Waals surface area contributed by atoms with Gasteiger partial charge in [0, 0.05) is 11.3 Å². The third kappa shape index (κ3) is 4.28. The van der Waals surface area contributed by atoms with Crippen LogP contribution in [0.1, 0.15) is 23.4 Å². The first-order valence-electron chi connectivity index (χ1n) is 7.72. The first-order valence-corrected chi connectivity index (χ1v) is 9.37. The van der Waals surface area contributed by atoms with Crippen LogP contribution in [-0.4, -0.2) is 30.2 Å². The van der Waals surface area contributed by atoms with Crippen LogP contribution >= 0.6 is 0 Å². The molecule has 0 bridgehead atoms. The smallest absolute Gasteiger partial charge is 0.287 e. The molecule has 0 radical (unpaired) electrons. The summed E-state index contributed by atoms with van der Waals surface area (Å²) in [6.45, 7) is 1.61. The highest BCUT2D eigenvalue weighted by Crippen LogP contribution is 2.19. The van der Waals surface area contributed by atoms with Gasteiger partial charge in [0.2, 0.25) is 21.7 Å². The van der Waals surface area contributed by atoms with E-state index in [1.807, 2.05) is 0 Å². The molecule has 26 heavy (non-hydrogen) atoms. The SMILES string of the molecule is CCS(=O)(=O)Nc1ccc(-c2noc(CNC(=O)c3ccco3)n2)cc1. The van der Waals surface area contributed by atoms with Crippen LogP contribution < -0.4 is 10.0 Å². The molecule has 0 saturated heterocycles. The number of furan rings is 1. The van der Waals surface area contributed by atoms with Crippen LogP contribution in [0.4, 0.5) is 5.69 Å². The summed E-state index contributed by atoms with van der Waals surface area (Å²) in [6, 6.07) is 9.72. The second-order valence-electron chi connectivity index (χ2n) is 5.25. The molecule has 0 atom stereocenters. The number of nitrogens with one attached hydrogen (secondary N) is 2. The monoisotopic (exact) mass is 376 g/mol. The third-order valence-electron chi connectivity index (χ3n) is 3.41. The summed E-state index contributed by atoms with van der Waals surface area (Å²) < 4.78 is 35.6. The second-order valence-corrected chi connectivity index (χ2v) is 7.27. The lowest BCUT2D eigenvalue weighted by molar-refractivity contribution is 0.0918. The van der Waals surface area contributed by atoms with Crippen LogP contribution in [0, 0.1) is 0 Å². The Hall–Kier alpha value is -3.14. The Morgan fingerprint density at radius 2 is 1.96 bits per heavy atom. The van der Waals surface area contributed by atoms with Crippen LogP contribution in [0.3, 0.4) is 0 Å². The molecule has 0 fully saturated rings. The van der Waals surface area contributed by atoms with Crippen LogP contribution in [0.15, 0.2) is 51.6 Å². The summed E-state index contributed by atoms with van der Waals surface area (Å²) in [5.74, 6) is 0.358. The van der Waals surface area contributed by atoms with E-state index in [-0.39, 0.29) is 29.9 Å². The highest BCUT2D eigenvalue weighted by atomic mass is 32.2. The highest BCUT2D eigenvalue weighted by Gasteiger charge is 2.13. The van der Waals surface area contributed by atoms with Gasteiger partial charge in [0.1, 0.15) is 0 Å². The van der Waals surface area contributed by atoms with Gasteiger partial charge in [0.05, 0.1) is 18.6 Å². The molecule has 9 nitrogen and oxygen atoms in total. The average molecular weight is 376 g/mol. The normalized spacial score (nSPS) is 11.3. The Morgan fingerprint density at radius 3 is 2.62 bits per heavy atom. The van der Waals surface area contributed by atoms with E-state index in [0.717, 1.165) is 0 Å². The number of carbonyl (C=O) groups excluding carboxylic acids is 1. The fourth-order valence-electron chi connectivity index (χ4n) is 2.03. The second kappa shape index (κ2) is 7.40. The van der Waals surface area contributed by atoms with Crippen molar-refractivity contribution in [2.45, 2.75) is 13.5 Å². The average Bonchev–Trinajstić information content (AvgIpc) is 3.32. The van der Waals surface area contributed by atoms with Gasteiger partial charge < -0.3 is 14.3 Å². The van der Waals surface area contributed by atoms with E-state index < -0.39 is 10.0 Å². The van der Waals surface area contributed by atoms with Crippen molar-refractivity contribution in [1.82, 2.24) is 15.5 Å². The zero-order chi connectivity index (χ0) is 18.6. The van der Waals surface area contributed by atoms with Crippen molar-refractivity contribution in [3.63, 3.8) is 0 Å². The molecule has 1 aromatic carbocycles. The first-order chi connectivity index (χ1) is 12.5. The van der Waals surface area contributed by atoms with Gasteiger partial charge in [0.25, 0.3) is 5.91 Å². The molecule has 2 aromatic heterocycles. The summed E-state index contributed by atoms with van der Waals surface area (Å²) in [4.78, 5) is 16.0. The maximum absolute atomic E-state index is 11.8. The Balaban J connectivity index is 1.63. The summed E-state index contributed by atoms with van der Waals surface area (Å²) in [7, 11) is -3.33. The molecule has 2 heterocycles. The van der Waals surface area contributed by atoms with Gasteiger partial charge in [-0.3, -0.25) is 9.52 Å². The van der Waals surface area contributed by atoms with Crippen molar-refractivity contribution in [2.24, 2.45) is 0 Å². The van der Waals surface area contributed by atoms with Gasteiger partial charge in [-0.25, -0.2) is 8.42 Å².